The number of sulfonamides is 1. The summed E-state index contributed by atoms with van der Waals surface area (Å²) in [4.78, 5) is 12.0. The normalized spacial score (nSPS) is 12.2. The second-order valence-corrected chi connectivity index (χ2v) is 10.5. The molecule has 0 aliphatic heterocycles. The third kappa shape index (κ3) is 6.68. The van der Waals surface area contributed by atoms with Crippen LogP contribution in [0.2, 0.25) is 0 Å². The van der Waals surface area contributed by atoms with Gasteiger partial charge in [0.1, 0.15) is 5.82 Å². The van der Waals surface area contributed by atoms with Crippen molar-refractivity contribution < 1.29 is 17.6 Å². The molecular formula is C18H18FN5O3S3. The van der Waals surface area contributed by atoms with Crippen LogP contribution in [0.5, 0.6) is 0 Å². The highest BCUT2D eigenvalue weighted by Crippen LogP contribution is 2.38. The van der Waals surface area contributed by atoms with Crippen molar-refractivity contribution in [3.8, 4) is 0 Å². The Morgan fingerprint density at radius 3 is 2.57 bits per heavy atom. The lowest BCUT2D eigenvalue weighted by molar-refractivity contribution is 0.262. The van der Waals surface area contributed by atoms with E-state index in [1.54, 1.807) is 24.3 Å². The van der Waals surface area contributed by atoms with Crippen LogP contribution in [0.25, 0.3) is 0 Å². The van der Waals surface area contributed by atoms with Gasteiger partial charge in [0.2, 0.25) is 15.2 Å². The summed E-state index contributed by atoms with van der Waals surface area (Å²) in [7, 11) is -3.36. The molecule has 12 heteroatoms. The van der Waals surface area contributed by atoms with Crippen LogP contribution in [-0.4, -0.2) is 30.9 Å². The van der Waals surface area contributed by atoms with Crippen molar-refractivity contribution in [3.63, 3.8) is 0 Å². The van der Waals surface area contributed by atoms with Gasteiger partial charge in [0.25, 0.3) is 0 Å². The van der Waals surface area contributed by atoms with Gasteiger partial charge in [0.15, 0.2) is 4.34 Å². The first-order valence-corrected chi connectivity index (χ1v) is 12.2. The van der Waals surface area contributed by atoms with Gasteiger partial charge < -0.3 is 5.32 Å². The first kappa shape index (κ1) is 22.0. The number of hydrogen-bond donors (Lipinski definition) is 3. The molecule has 0 spiro atoms. The average Bonchev–Trinajstić information content (AvgIpc) is 3.07. The van der Waals surface area contributed by atoms with Gasteiger partial charge in [-0.25, -0.2) is 17.6 Å². The third-order valence-electron chi connectivity index (χ3n) is 3.65. The summed E-state index contributed by atoms with van der Waals surface area (Å²) in [6, 6.07) is 12.1. The molecule has 0 radical (unpaired) electrons. The van der Waals surface area contributed by atoms with E-state index >= 15 is 0 Å². The van der Waals surface area contributed by atoms with Crippen molar-refractivity contribution >= 4 is 55.7 Å². The van der Waals surface area contributed by atoms with Gasteiger partial charge in [0.05, 0.1) is 6.26 Å². The van der Waals surface area contributed by atoms with Crippen LogP contribution >= 0.6 is 23.1 Å². The maximum Gasteiger partial charge on any atom is 0.325 e. The van der Waals surface area contributed by atoms with Crippen LogP contribution in [0.4, 0.5) is 25.7 Å². The molecule has 0 bridgehead atoms. The van der Waals surface area contributed by atoms with Crippen molar-refractivity contribution in [2.24, 2.45) is 0 Å². The Bertz CT molecular complexity index is 1150. The number of rotatable bonds is 7. The Balaban J connectivity index is 1.59. The fourth-order valence-corrected chi connectivity index (χ4v) is 4.98. The minimum Gasteiger partial charge on any atom is -0.308 e. The van der Waals surface area contributed by atoms with Gasteiger partial charge in [-0.3, -0.25) is 10.0 Å². The zero-order chi connectivity index (χ0) is 21.7. The Morgan fingerprint density at radius 1 is 1.10 bits per heavy atom. The lowest BCUT2D eigenvalue weighted by Crippen LogP contribution is -2.19. The molecule has 0 saturated carbocycles. The van der Waals surface area contributed by atoms with E-state index in [1.807, 2.05) is 13.0 Å². The van der Waals surface area contributed by atoms with E-state index in [0.717, 1.165) is 11.8 Å². The van der Waals surface area contributed by atoms with E-state index in [9.17, 15) is 17.6 Å². The number of halogens is 1. The van der Waals surface area contributed by atoms with Crippen LogP contribution in [0.15, 0.2) is 52.9 Å². The van der Waals surface area contributed by atoms with Gasteiger partial charge in [-0.15, -0.1) is 10.2 Å². The number of carbonyl (C=O) groups is 1. The van der Waals surface area contributed by atoms with Crippen LogP contribution < -0.4 is 15.4 Å². The summed E-state index contributed by atoms with van der Waals surface area (Å²) in [6.45, 7) is 1.95. The standard InChI is InChI=1S/C18H18FN5O3S3/c1-11(12-5-3-8-15(9-12)24-30(2,26)27)28-18-23-22-17(29-18)21-16(25)20-14-7-4-6-13(19)10-14/h3-11,24H,1-2H3,(H2,20,21,22,25). The molecule has 8 nitrogen and oxygen atoms in total. The van der Waals surface area contributed by atoms with Gasteiger partial charge in [-0.2, -0.15) is 0 Å². The van der Waals surface area contributed by atoms with Crippen LogP contribution in [-0.2, 0) is 10.0 Å². The molecule has 1 unspecified atom stereocenters. The first-order chi connectivity index (χ1) is 14.2. The first-order valence-electron chi connectivity index (χ1n) is 8.59. The van der Waals surface area contributed by atoms with Crippen LogP contribution in [0.3, 0.4) is 0 Å². The predicted molar refractivity (Wildman–Crippen MR) is 118 cm³/mol. The molecule has 1 atom stereocenters. The molecule has 2 aromatic carbocycles. The lowest BCUT2D eigenvalue weighted by Gasteiger charge is -2.11. The fraction of sp³-hybridized carbons (Fsp3) is 0.167. The minimum absolute atomic E-state index is 0.0340. The summed E-state index contributed by atoms with van der Waals surface area (Å²) >= 11 is 2.62. The zero-order valence-corrected chi connectivity index (χ0v) is 18.4. The number of hydrogen-bond acceptors (Lipinski definition) is 7. The van der Waals surface area contributed by atoms with Crippen LogP contribution in [0.1, 0.15) is 17.7 Å². The van der Waals surface area contributed by atoms with Gasteiger partial charge in [0, 0.05) is 16.6 Å². The van der Waals surface area contributed by atoms with Crippen molar-refractivity contribution in [2.45, 2.75) is 16.5 Å². The predicted octanol–water partition coefficient (Wildman–Crippen LogP) is 4.55. The molecular weight excluding hydrogens is 449 g/mol. The van der Waals surface area contributed by atoms with Gasteiger partial charge in [-0.1, -0.05) is 41.3 Å². The molecule has 3 N–H and O–H groups in total. The third-order valence-corrected chi connectivity index (χ3v) is 6.33. The Kier molecular flexibility index (Phi) is 6.90. The summed E-state index contributed by atoms with van der Waals surface area (Å²) in [5.41, 5.74) is 1.71. The Labute approximate surface area is 181 Å². The quantitative estimate of drug-likeness (QED) is 0.347. The van der Waals surface area contributed by atoms with Crippen LogP contribution in [0, 0.1) is 5.82 Å². The zero-order valence-electron chi connectivity index (χ0n) is 15.9. The van der Waals surface area contributed by atoms with Gasteiger partial charge in [-0.05, 0) is 42.8 Å². The highest BCUT2D eigenvalue weighted by molar-refractivity contribution is 8.01. The number of carbonyl (C=O) groups excluding carboxylic acids is 1. The highest BCUT2D eigenvalue weighted by Gasteiger charge is 2.14. The second kappa shape index (κ2) is 9.41. The maximum absolute atomic E-state index is 13.2. The summed E-state index contributed by atoms with van der Waals surface area (Å²) in [5, 5.41) is 13.3. The van der Waals surface area contributed by atoms with Crippen molar-refractivity contribution in [1.29, 1.82) is 0 Å². The number of aromatic nitrogens is 2. The van der Waals surface area contributed by atoms with Crippen molar-refractivity contribution in [1.82, 2.24) is 10.2 Å². The number of nitrogens with one attached hydrogen (secondary N) is 3. The molecule has 0 saturated heterocycles. The summed E-state index contributed by atoms with van der Waals surface area (Å²) in [6.07, 6.45) is 1.10. The van der Waals surface area contributed by atoms with Crippen molar-refractivity contribution in [2.75, 3.05) is 21.6 Å². The topological polar surface area (TPSA) is 113 Å². The maximum atomic E-state index is 13.2. The molecule has 30 heavy (non-hydrogen) atoms. The molecule has 1 aromatic heterocycles. The second-order valence-electron chi connectivity index (χ2n) is 6.22. The molecule has 3 rings (SSSR count). The number of benzene rings is 2. The molecule has 3 aromatic rings. The monoisotopic (exact) mass is 467 g/mol. The lowest BCUT2D eigenvalue weighted by atomic mass is 10.1. The average molecular weight is 468 g/mol. The number of nitrogens with zero attached hydrogens (tertiary/aromatic N) is 2. The molecule has 0 aliphatic rings. The number of thioether (sulfide) groups is 1. The number of amides is 2. The van der Waals surface area contributed by atoms with E-state index in [0.29, 0.717) is 20.8 Å². The van der Waals surface area contributed by atoms with E-state index in [2.05, 4.69) is 25.6 Å². The van der Waals surface area contributed by atoms with E-state index < -0.39 is 21.9 Å². The Morgan fingerprint density at radius 2 is 1.83 bits per heavy atom. The molecule has 1 heterocycles. The summed E-state index contributed by atoms with van der Waals surface area (Å²) < 4.78 is 39.1. The molecule has 2 amide bonds. The van der Waals surface area contributed by atoms with Crippen molar-refractivity contribution in [3.05, 3.63) is 59.9 Å². The summed E-state index contributed by atoms with van der Waals surface area (Å²) in [5.74, 6) is -0.452. The number of urea groups is 1. The molecule has 0 aliphatic carbocycles. The Hall–Kier alpha value is -2.70. The minimum atomic E-state index is -3.36. The fourth-order valence-electron chi connectivity index (χ4n) is 2.42. The molecule has 0 fully saturated rings. The number of anilines is 3. The SMILES string of the molecule is CC(Sc1nnc(NC(=O)Nc2cccc(F)c2)s1)c1cccc(NS(C)(=O)=O)c1. The van der Waals surface area contributed by atoms with E-state index in [-0.39, 0.29) is 5.25 Å². The molecule has 158 valence electrons. The smallest absolute Gasteiger partial charge is 0.308 e. The highest BCUT2D eigenvalue weighted by atomic mass is 32.2. The largest absolute Gasteiger partial charge is 0.325 e. The van der Waals surface area contributed by atoms with E-state index in [1.165, 1.54) is 41.3 Å². The van der Waals surface area contributed by atoms with Gasteiger partial charge >= 0.3 is 6.03 Å². The van der Waals surface area contributed by atoms with E-state index in [4.69, 9.17) is 0 Å².